The standard InChI is InChI=1S/C22H17ClFN3O2/c1-2-29-21-19(23)22(28)27(17-9-7-14(8-10-17)13-3-4-13)20(26-21)15-5-6-16(12-25)18(24)11-15/h5-11,13H,2-4H2,1H3. The van der Waals surface area contributed by atoms with Crippen LogP contribution >= 0.6 is 11.6 Å². The molecule has 29 heavy (non-hydrogen) atoms. The van der Waals surface area contributed by atoms with Crippen LogP contribution in [-0.4, -0.2) is 16.2 Å². The van der Waals surface area contributed by atoms with Crippen molar-refractivity contribution in [2.24, 2.45) is 0 Å². The monoisotopic (exact) mass is 409 g/mol. The Balaban J connectivity index is 1.93. The third kappa shape index (κ3) is 3.62. The smallest absolute Gasteiger partial charge is 0.281 e. The lowest BCUT2D eigenvalue weighted by Gasteiger charge is -2.16. The van der Waals surface area contributed by atoms with E-state index in [9.17, 15) is 9.18 Å². The Kier molecular flexibility index (Phi) is 5.08. The molecule has 4 rings (SSSR count). The Labute approximate surface area is 172 Å². The highest BCUT2D eigenvalue weighted by Crippen LogP contribution is 2.40. The molecule has 3 aromatic rings. The second kappa shape index (κ2) is 7.69. The zero-order valence-electron chi connectivity index (χ0n) is 15.7. The van der Waals surface area contributed by atoms with Crippen LogP contribution in [0.1, 0.15) is 36.8 Å². The van der Waals surface area contributed by atoms with Gasteiger partial charge in [0.2, 0.25) is 5.88 Å². The molecule has 1 heterocycles. The Morgan fingerprint density at radius 2 is 2.00 bits per heavy atom. The van der Waals surface area contributed by atoms with Crippen LogP contribution < -0.4 is 10.3 Å². The summed E-state index contributed by atoms with van der Waals surface area (Å²) in [5.74, 6) is 0.0629. The van der Waals surface area contributed by atoms with Crippen molar-refractivity contribution in [1.82, 2.24) is 9.55 Å². The lowest BCUT2D eigenvalue weighted by Crippen LogP contribution is -2.23. The summed E-state index contributed by atoms with van der Waals surface area (Å²) in [7, 11) is 0. The predicted octanol–water partition coefficient (Wildman–Crippen LogP) is 4.84. The predicted molar refractivity (Wildman–Crippen MR) is 108 cm³/mol. The molecule has 1 saturated carbocycles. The average molecular weight is 410 g/mol. The maximum Gasteiger partial charge on any atom is 0.281 e. The summed E-state index contributed by atoms with van der Waals surface area (Å²) in [4.78, 5) is 17.5. The maximum absolute atomic E-state index is 14.3. The van der Waals surface area contributed by atoms with E-state index in [-0.39, 0.29) is 28.9 Å². The summed E-state index contributed by atoms with van der Waals surface area (Å²) >= 11 is 6.22. The van der Waals surface area contributed by atoms with Crippen LogP contribution in [0.15, 0.2) is 47.3 Å². The zero-order chi connectivity index (χ0) is 20.5. The summed E-state index contributed by atoms with van der Waals surface area (Å²) < 4.78 is 21.0. The average Bonchev–Trinajstić information content (AvgIpc) is 3.57. The van der Waals surface area contributed by atoms with Gasteiger partial charge in [0.25, 0.3) is 5.56 Å². The summed E-state index contributed by atoms with van der Waals surface area (Å²) in [6, 6.07) is 13.5. The van der Waals surface area contributed by atoms with E-state index in [4.69, 9.17) is 21.6 Å². The summed E-state index contributed by atoms with van der Waals surface area (Å²) in [6.07, 6.45) is 2.34. The van der Waals surface area contributed by atoms with E-state index in [1.54, 1.807) is 19.1 Å². The van der Waals surface area contributed by atoms with Crippen molar-refractivity contribution < 1.29 is 9.13 Å². The molecule has 0 radical (unpaired) electrons. The molecule has 0 N–H and O–H groups in total. The van der Waals surface area contributed by atoms with Gasteiger partial charge >= 0.3 is 0 Å². The number of rotatable bonds is 5. The van der Waals surface area contributed by atoms with E-state index in [0.29, 0.717) is 17.2 Å². The van der Waals surface area contributed by atoms with Crippen LogP contribution in [0.4, 0.5) is 4.39 Å². The van der Waals surface area contributed by atoms with Gasteiger partial charge < -0.3 is 4.74 Å². The molecule has 7 heteroatoms. The van der Waals surface area contributed by atoms with Crippen LogP contribution in [0.2, 0.25) is 5.02 Å². The first-order valence-electron chi connectivity index (χ1n) is 9.29. The molecule has 1 aromatic heterocycles. The number of halogens is 2. The maximum atomic E-state index is 14.3. The lowest BCUT2D eigenvalue weighted by molar-refractivity contribution is 0.326. The molecule has 0 aliphatic heterocycles. The third-order valence-corrected chi connectivity index (χ3v) is 5.15. The highest BCUT2D eigenvalue weighted by Gasteiger charge is 2.24. The van der Waals surface area contributed by atoms with Crippen molar-refractivity contribution >= 4 is 11.6 Å². The first-order chi connectivity index (χ1) is 14.0. The minimum Gasteiger partial charge on any atom is -0.477 e. The largest absolute Gasteiger partial charge is 0.477 e. The fourth-order valence-corrected chi connectivity index (χ4v) is 3.39. The van der Waals surface area contributed by atoms with Gasteiger partial charge in [0, 0.05) is 5.56 Å². The van der Waals surface area contributed by atoms with Gasteiger partial charge in [-0.3, -0.25) is 9.36 Å². The lowest BCUT2D eigenvalue weighted by atomic mass is 10.1. The molecule has 1 fully saturated rings. The summed E-state index contributed by atoms with van der Waals surface area (Å²) in [6.45, 7) is 2.02. The molecule has 5 nitrogen and oxygen atoms in total. The Morgan fingerprint density at radius 1 is 1.28 bits per heavy atom. The third-order valence-electron chi connectivity index (χ3n) is 4.83. The summed E-state index contributed by atoms with van der Waals surface area (Å²) in [5, 5.41) is 8.84. The molecule has 0 bridgehead atoms. The van der Waals surface area contributed by atoms with Gasteiger partial charge in [-0.1, -0.05) is 23.7 Å². The van der Waals surface area contributed by atoms with E-state index in [2.05, 4.69) is 4.98 Å². The molecule has 0 atom stereocenters. The van der Waals surface area contributed by atoms with Crippen molar-refractivity contribution in [3.05, 3.63) is 74.8 Å². The first kappa shape index (κ1) is 19.2. The van der Waals surface area contributed by atoms with E-state index < -0.39 is 11.4 Å². The number of hydrogen-bond donors (Lipinski definition) is 0. The molecule has 146 valence electrons. The molecule has 2 aromatic carbocycles. The molecular formula is C22H17ClFN3O2. The van der Waals surface area contributed by atoms with Gasteiger partial charge in [0.1, 0.15) is 11.9 Å². The van der Waals surface area contributed by atoms with Crippen LogP contribution in [0.3, 0.4) is 0 Å². The molecule has 1 aliphatic carbocycles. The van der Waals surface area contributed by atoms with Crippen molar-refractivity contribution in [2.45, 2.75) is 25.7 Å². The number of hydrogen-bond acceptors (Lipinski definition) is 4. The molecule has 1 aliphatic rings. The minimum atomic E-state index is -0.692. The van der Waals surface area contributed by atoms with Gasteiger partial charge in [-0.15, -0.1) is 0 Å². The normalized spacial score (nSPS) is 13.2. The van der Waals surface area contributed by atoms with Crippen molar-refractivity contribution in [3.8, 4) is 29.0 Å². The van der Waals surface area contributed by atoms with Gasteiger partial charge in [-0.2, -0.15) is 10.2 Å². The van der Waals surface area contributed by atoms with E-state index in [1.165, 1.54) is 35.1 Å². The molecule has 0 saturated heterocycles. The Bertz CT molecular complexity index is 1180. The molecule has 0 unspecified atom stereocenters. The van der Waals surface area contributed by atoms with Gasteiger partial charge in [0.15, 0.2) is 10.8 Å². The highest BCUT2D eigenvalue weighted by molar-refractivity contribution is 6.31. The second-order valence-electron chi connectivity index (χ2n) is 6.80. The number of nitriles is 1. The SMILES string of the molecule is CCOc1nc(-c2ccc(C#N)c(F)c2)n(-c2ccc(C3CC3)cc2)c(=O)c1Cl. The van der Waals surface area contributed by atoms with Crippen molar-refractivity contribution in [3.63, 3.8) is 0 Å². The highest BCUT2D eigenvalue weighted by atomic mass is 35.5. The van der Waals surface area contributed by atoms with E-state index >= 15 is 0 Å². The number of benzene rings is 2. The Hall–Kier alpha value is -3.17. The number of nitrogens with zero attached hydrogens (tertiary/aromatic N) is 3. The fraction of sp³-hybridized carbons (Fsp3) is 0.227. The zero-order valence-corrected chi connectivity index (χ0v) is 16.4. The van der Waals surface area contributed by atoms with Crippen LogP contribution in [0, 0.1) is 17.1 Å². The van der Waals surface area contributed by atoms with Crippen LogP contribution in [0.25, 0.3) is 17.1 Å². The second-order valence-corrected chi connectivity index (χ2v) is 7.18. The molecule has 0 amide bonds. The van der Waals surface area contributed by atoms with E-state index in [1.807, 2.05) is 24.3 Å². The molecule has 0 spiro atoms. The van der Waals surface area contributed by atoms with Crippen molar-refractivity contribution in [1.29, 1.82) is 5.26 Å². The van der Waals surface area contributed by atoms with Gasteiger partial charge in [-0.05, 0) is 61.6 Å². The van der Waals surface area contributed by atoms with Gasteiger partial charge in [-0.25, -0.2) is 4.39 Å². The fourth-order valence-electron chi connectivity index (χ4n) is 3.20. The van der Waals surface area contributed by atoms with E-state index in [0.717, 1.165) is 0 Å². The van der Waals surface area contributed by atoms with Crippen LogP contribution in [-0.2, 0) is 0 Å². The quantitative estimate of drug-likeness (QED) is 0.604. The number of aromatic nitrogens is 2. The topological polar surface area (TPSA) is 67.9 Å². The van der Waals surface area contributed by atoms with Crippen LogP contribution in [0.5, 0.6) is 5.88 Å². The number of ether oxygens (including phenoxy) is 1. The molecular weight excluding hydrogens is 393 g/mol. The first-order valence-corrected chi connectivity index (χ1v) is 9.67. The minimum absolute atomic E-state index is 0.00946. The van der Waals surface area contributed by atoms with Crippen molar-refractivity contribution in [2.75, 3.05) is 6.61 Å². The Morgan fingerprint density at radius 3 is 2.59 bits per heavy atom. The summed E-state index contributed by atoms with van der Waals surface area (Å²) in [5.41, 5.74) is 1.52. The van der Waals surface area contributed by atoms with Gasteiger partial charge in [0.05, 0.1) is 17.9 Å².